The molecule has 0 aliphatic heterocycles. The van der Waals surface area contributed by atoms with Crippen LogP contribution < -0.4 is 10.6 Å². The van der Waals surface area contributed by atoms with E-state index in [-0.39, 0.29) is 24.4 Å². The van der Waals surface area contributed by atoms with Gasteiger partial charge in [0.15, 0.2) is 0 Å². The van der Waals surface area contributed by atoms with Crippen molar-refractivity contribution < 1.29 is 14.0 Å². The van der Waals surface area contributed by atoms with Gasteiger partial charge in [0.1, 0.15) is 5.82 Å². The zero-order valence-corrected chi connectivity index (χ0v) is 10.8. The largest absolute Gasteiger partial charge is 0.352 e. The molecule has 19 heavy (non-hydrogen) atoms. The molecule has 2 amide bonds. The fourth-order valence-electron chi connectivity index (χ4n) is 1.88. The smallest absolute Gasteiger partial charge is 0.251 e. The summed E-state index contributed by atoms with van der Waals surface area (Å²) in [5.41, 5.74) is 0.337. The van der Waals surface area contributed by atoms with Gasteiger partial charge in [-0.05, 0) is 49.9 Å². The van der Waals surface area contributed by atoms with Gasteiger partial charge in [-0.1, -0.05) is 0 Å². The fraction of sp³-hybridized carbons (Fsp3) is 0.429. The van der Waals surface area contributed by atoms with Gasteiger partial charge in [-0.25, -0.2) is 4.39 Å². The third kappa shape index (κ3) is 4.05. The molecule has 1 aromatic rings. The first-order chi connectivity index (χ1) is 9.06. The Balaban J connectivity index is 1.76. The van der Waals surface area contributed by atoms with Crippen LogP contribution in [0.5, 0.6) is 0 Å². The summed E-state index contributed by atoms with van der Waals surface area (Å²) in [4.78, 5) is 23.3. The Morgan fingerprint density at radius 1 is 1.32 bits per heavy atom. The highest BCUT2D eigenvalue weighted by atomic mass is 19.1. The molecule has 1 aromatic carbocycles. The third-order valence-corrected chi connectivity index (χ3v) is 3.23. The maximum atomic E-state index is 12.7. The lowest BCUT2D eigenvalue weighted by atomic mass is 10.2. The summed E-state index contributed by atoms with van der Waals surface area (Å²) in [7, 11) is 0. The van der Waals surface area contributed by atoms with Crippen molar-refractivity contribution in [2.45, 2.75) is 25.8 Å². The van der Waals surface area contributed by atoms with Crippen LogP contribution in [-0.4, -0.2) is 24.4 Å². The van der Waals surface area contributed by atoms with Crippen molar-refractivity contribution in [1.82, 2.24) is 10.6 Å². The first-order valence-corrected chi connectivity index (χ1v) is 6.39. The summed E-state index contributed by atoms with van der Waals surface area (Å²) >= 11 is 0. The number of carbonyl (C=O) groups excluding carboxylic acids is 2. The molecule has 0 bridgehead atoms. The lowest BCUT2D eigenvalue weighted by Gasteiger charge is -2.13. The van der Waals surface area contributed by atoms with Crippen LogP contribution in [0.4, 0.5) is 4.39 Å². The van der Waals surface area contributed by atoms with Gasteiger partial charge in [0.05, 0.1) is 6.54 Å². The Bertz CT molecular complexity index is 469. The molecule has 0 heterocycles. The van der Waals surface area contributed by atoms with E-state index in [1.165, 1.54) is 24.3 Å². The highest BCUT2D eigenvalue weighted by Crippen LogP contribution is 2.32. The molecule has 0 spiro atoms. The summed E-state index contributed by atoms with van der Waals surface area (Å²) in [6.07, 6.45) is 2.31. The lowest BCUT2D eigenvalue weighted by Crippen LogP contribution is -2.41. The van der Waals surface area contributed by atoms with Crippen LogP contribution >= 0.6 is 0 Å². The first-order valence-electron chi connectivity index (χ1n) is 6.39. The second-order valence-corrected chi connectivity index (χ2v) is 4.88. The maximum Gasteiger partial charge on any atom is 0.251 e. The molecule has 2 N–H and O–H groups in total. The molecule has 1 atom stereocenters. The number of carbonyl (C=O) groups is 2. The second kappa shape index (κ2) is 5.82. The average molecular weight is 264 g/mol. The van der Waals surface area contributed by atoms with Crippen LogP contribution in [0.15, 0.2) is 24.3 Å². The van der Waals surface area contributed by atoms with Crippen molar-refractivity contribution in [2.24, 2.45) is 5.92 Å². The molecule has 1 saturated carbocycles. The topological polar surface area (TPSA) is 58.2 Å². The van der Waals surface area contributed by atoms with E-state index < -0.39 is 5.82 Å². The van der Waals surface area contributed by atoms with Crippen LogP contribution in [0.3, 0.4) is 0 Å². The lowest BCUT2D eigenvalue weighted by molar-refractivity contribution is -0.120. The van der Waals surface area contributed by atoms with Gasteiger partial charge in [-0.3, -0.25) is 9.59 Å². The zero-order chi connectivity index (χ0) is 13.8. The number of benzene rings is 1. The molecule has 0 saturated heterocycles. The number of amides is 2. The van der Waals surface area contributed by atoms with Crippen molar-refractivity contribution in [1.29, 1.82) is 0 Å². The normalized spacial score (nSPS) is 15.7. The molecule has 2 rings (SSSR count). The van der Waals surface area contributed by atoms with Gasteiger partial charge in [-0.2, -0.15) is 0 Å². The number of nitrogens with one attached hydrogen (secondary N) is 2. The molecule has 4 nitrogen and oxygen atoms in total. The van der Waals surface area contributed by atoms with Crippen molar-refractivity contribution in [3.8, 4) is 0 Å². The van der Waals surface area contributed by atoms with Crippen LogP contribution in [0.2, 0.25) is 0 Å². The summed E-state index contributed by atoms with van der Waals surface area (Å²) in [5.74, 6) is -0.395. The number of hydrogen-bond acceptors (Lipinski definition) is 2. The van der Waals surface area contributed by atoms with E-state index in [4.69, 9.17) is 0 Å². The van der Waals surface area contributed by atoms with Gasteiger partial charge in [0.25, 0.3) is 5.91 Å². The summed E-state index contributed by atoms with van der Waals surface area (Å²) in [6.45, 7) is 1.91. The quantitative estimate of drug-likeness (QED) is 0.846. The van der Waals surface area contributed by atoms with Crippen LogP contribution in [0, 0.1) is 11.7 Å². The van der Waals surface area contributed by atoms with Crippen molar-refractivity contribution >= 4 is 11.8 Å². The molecule has 1 aliphatic carbocycles. The average Bonchev–Trinajstić information content (AvgIpc) is 3.21. The zero-order valence-electron chi connectivity index (χ0n) is 10.8. The minimum Gasteiger partial charge on any atom is -0.352 e. The SMILES string of the molecule is C[C@H](NC(=O)CNC(=O)c1ccc(F)cc1)C1CC1. The predicted molar refractivity (Wildman–Crippen MR) is 69.1 cm³/mol. The summed E-state index contributed by atoms with van der Waals surface area (Å²) < 4.78 is 12.7. The van der Waals surface area contributed by atoms with Crippen molar-refractivity contribution in [3.05, 3.63) is 35.6 Å². The van der Waals surface area contributed by atoms with Gasteiger partial charge in [-0.15, -0.1) is 0 Å². The standard InChI is InChI=1S/C14H17FN2O2/c1-9(10-2-3-10)17-13(18)8-16-14(19)11-4-6-12(15)7-5-11/h4-7,9-10H,2-3,8H2,1H3,(H,16,19)(H,17,18)/t9-/m0/s1. The predicted octanol–water partition coefficient (Wildman–Crippen LogP) is 1.47. The third-order valence-electron chi connectivity index (χ3n) is 3.23. The van der Waals surface area contributed by atoms with E-state index in [9.17, 15) is 14.0 Å². The monoisotopic (exact) mass is 264 g/mol. The molecule has 5 heteroatoms. The van der Waals surface area contributed by atoms with Gasteiger partial charge in [0.2, 0.25) is 5.91 Å². The number of hydrogen-bond donors (Lipinski definition) is 2. The van der Waals surface area contributed by atoms with Crippen LogP contribution in [-0.2, 0) is 4.79 Å². The highest BCUT2D eigenvalue weighted by molar-refractivity contribution is 5.96. The summed E-state index contributed by atoms with van der Waals surface area (Å²) in [6, 6.07) is 5.36. The molecule has 0 unspecified atom stereocenters. The number of rotatable bonds is 5. The Morgan fingerprint density at radius 2 is 1.95 bits per heavy atom. The Kier molecular flexibility index (Phi) is 4.14. The first kappa shape index (κ1) is 13.5. The van der Waals surface area contributed by atoms with Gasteiger partial charge in [0, 0.05) is 11.6 Å². The Hall–Kier alpha value is -1.91. The minimum atomic E-state index is -0.396. The van der Waals surface area contributed by atoms with E-state index in [1.54, 1.807) is 0 Å². The molecular weight excluding hydrogens is 247 g/mol. The van der Waals surface area contributed by atoms with Crippen LogP contribution in [0.25, 0.3) is 0 Å². The molecule has 0 radical (unpaired) electrons. The molecule has 1 fully saturated rings. The van der Waals surface area contributed by atoms with E-state index in [1.807, 2.05) is 6.92 Å². The highest BCUT2D eigenvalue weighted by Gasteiger charge is 2.28. The van der Waals surface area contributed by atoms with E-state index in [0.29, 0.717) is 11.5 Å². The maximum absolute atomic E-state index is 12.7. The van der Waals surface area contributed by atoms with E-state index in [0.717, 1.165) is 12.8 Å². The molecule has 1 aliphatic rings. The van der Waals surface area contributed by atoms with Crippen molar-refractivity contribution in [3.63, 3.8) is 0 Å². The Morgan fingerprint density at radius 3 is 2.53 bits per heavy atom. The molecule has 0 aromatic heterocycles. The van der Waals surface area contributed by atoms with Crippen molar-refractivity contribution in [2.75, 3.05) is 6.54 Å². The minimum absolute atomic E-state index is 0.0622. The van der Waals surface area contributed by atoms with Gasteiger partial charge < -0.3 is 10.6 Å². The molecular formula is C14H17FN2O2. The Labute approximate surface area is 111 Å². The van der Waals surface area contributed by atoms with Crippen LogP contribution in [0.1, 0.15) is 30.1 Å². The summed E-state index contributed by atoms with van der Waals surface area (Å²) in [5, 5.41) is 5.35. The van der Waals surface area contributed by atoms with E-state index in [2.05, 4.69) is 10.6 Å². The van der Waals surface area contributed by atoms with E-state index >= 15 is 0 Å². The molecule has 102 valence electrons. The number of halogens is 1. The fourth-order valence-corrected chi connectivity index (χ4v) is 1.88. The van der Waals surface area contributed by atoms with Gasteiger partial charge >= 0.3 is 0 Å². The second-order valence-electron chi connectivity index (χ2n) is 4.88.